The number of benzene rings is 2. The third-order valence-electron chi connectivity index (χ3n) is 4.21. The summed E-state index contributed by atoms with van der Waals surface area (Å²) >= 11 is 1.45. The number of hydrogen-bond donors (Lipinski definition) is 1. The van der Waals surface area contributed by atoms with Crippen molar-refractivity contribution in [3.8, 4) is 11.1 Å². The molecule has 2 atom stereocenters. The number of thioether (sulfide) groups is 1. The Bertz CT molecular complexity index is 907. The molecule has 3 nitrogen and oxygen atoms in total. The second-order valence-corrected chi connectivity index (χ2v) is 7.14. The molecule has 1 aromatic heterocycles. The summed E-state index contributed by atoms with van der Waals surface area (Å²) in [4.78, 5) is 4.74. The van der Waals surface area contributed by atoms with Crippen LogP contribution in [-0.2, 0) is 6.54 Å². The zero-order valence-electron chi connectivity index (χ0n) is 12.9. The number of nitrogens with zero attached hydrogens (tertiary/aromatic N) is 2. The van der Waals surface area contributed by atoms with Crippen LogP contribution in [0.25, 0.3) is 11.1 Å². The summed E-state index contributed by atoms with van der Waals surface area (Å²) in [5, 5.41) is 10.4. The van der Waals surface area contributed by atoms with Gasteiger partial charge in [-0.2, -0.15) is 0 Å². The predicted molar refractivity (Wildman–Crippen MR) is 88.6 cm³/mol. The number of aliphatic hydroxyl groups excluding tert-OH is 1. The van der Waals surface area contributed by atoms with Crippen LogP contribution in [-0.4, -0.2) is 19.9 Å². The average Bonchev–Trinajstić information content (AvgIpc) is 3.16. The number of hydrogen-bond acceptors (Lipinski definition) is 3. The highest BCUT2D eigenvalue weighted by Gasteiger charge is 2.32. The Labute approximate surface area is 146 Å². The lowest BCUT2D eigenvalue weighted by molar-refractivity contribution is 0.170. The summed E-state index contributed by atoms with van der Waals surface area (Å²) in [7, 11) is 0. The molecule has 4 rings (SSSR count). The van der Waals surface area contributed by atoms with Crippen molar-refractivity contribution in [3.63, 3.8) is 0 Å². The molecule has 0 saturated carbocycles. The van der Waals surface area contributed by atoms with Gasteiger partial charge in [-0.05, 0) is 17.2 Å². The molecule has 2 heterocycles. The lowest BCUT2D eigenvalue weighted by atomic mass is 10.00. The molecule has 1 aliphatic rings. The molecule has 0 unspecified atom stereocenters. The highest BCUT2D eigenvalue weighted by Crippen LogP contribution is 2.46. The lowest BCUT2D eigenvalue weighted by Crippen LogP contribution is -2.16. The van der Waals surface area contributed by atoms with Crippen molar-refractivity contribution in [2.75, 3.05) is 0 Å². The van der Waals surface area contributed by atoms with Crippen molar-refractivity contribution in [1.82, 2.24) is 9.55 Å². The van der Waals surface area contributed by atoms with Gasteiger partial charge in [0.2, 0.25) is 0 Å². The van der Waals surface area contributed by atoms with Crippen molar-refractivity contribution in [3.05, 3.63) is 72.1 Å². The van der Waals surface area contributed by atoms with Gasteiger partial charge in [-0.25, -0.2) is 18.2 Å². The van der Waals surface area contributed by atoms with Gasteiger partial charge in [0.1, 0.15) is 17.5 Å². The minimum absolute atomic E-state index is 0.123. The Morgan fingerprint density at radius 3 is 2.56 bits per heavy atom. The number of aromatic nitrogens is 2. The Morgan fingerprint density at radius 1 is 1.12 bits per heavy atom. The fraction of sp³-hybridized carbons (Fsp3) is 0.167. The standard InChI is InChI=1S/C18H13F3N2OS/c19-11-6-13(20)17(14(21)7-11)10-1-2-12-15(5-10)25-16(18(12)24)8-23-4-3-22-9-23/h1-7,9,16,18,24H,8H2/t16-,18-/m0/s1. The molecule has 3 aromatic rings. The van der Waals surface area contributed by atoms with Crippen LogP contribution in [0, 0.1) is 17.5 Å². The molecule has 0 radical (unpaired) electrons. The summed E-state index contributed by atoms with van der Waals surface area (Å²) in [5.74, 6) is -2.85. The largest absolute Gasteiger partial charge is 0.387 e. The molecule has 0 fully saturated rings. The molecule has 1 aliphatic heterocycles. The normalized spacial score (nSPS) is 19.2. The molecule has 128 valence electrons. The van der Waals surface area contributed by atoms with E-state index in [2.05, 4.69) is 4.98 Å². The molecule has 0 spiro atoms. The minimum Gasteiger partial charge on any atom is -0.387 e. The van der Waals surface area contributed by atoms with Crippen LogP contribution in [0.15, 0.2) is 53.9 Å². The van der Waals surface area contributed by atoms with Gasteiger partial charge < -0.3 is 9.67 Å². The Kier molecular flexibility index (Phi) is 4.05. The summed E-state index contributed by atoms with van der Waals surface area (Å²) in [6.45, 7) is 0.565. The molecular formula is C18H13F3N2OS. The maximum Gasteiger partial charge on any atom is 0.136 e. The first-order valence-corrected chi connectivity index (χ1v) is 8.50. The number of aliphatic hydroxyl groups is 1. The van der Waals surface area contributed by atoms with Gasteiger partial charge in [0, 0.05) is 36.0 Å². The van der Waals surface area contributed by atoms with E-state index in [9.17, 15) is 18.3 Å². The lowest BCUT2D eigenvalue weighted by Gasteiger charge is -2.14. The molecule has 25 heavy (non-hydrogen) atoms. The predicted octanol–water partition coefficient (Wildman–Crippen LogP) is 4.18. The molecule has 0 amide bonds. The highest BCUT2D eigenvalue weighted by atomic mass is 32.2. The van der Waals surface area contributed by atoms with Crippen LogP contribution in [0.5, 0.6) is 0 Å². The van der Waals surface area contributed by atoms with Gasteiger partial charge in [0.15, 0.2) is 0 Å². The molecule has 0 bridgehead atoms. The van der Waals surface area contributed by atoms with Crippen LogP contribution in [0.2, 0.25) is 0 Å². The van der Waals surface area contributed by atoms with E-state index in [0.717, 1.165) is 10.5 Å². The molecule has 0 saturated heterocycles. The maximum atomic E-state index is 14.0. The third kappa shape index (κ3) is 2.94. The van der Waals surface area contributed by atoms with Crippen LogP contribution < -0.4 is 0 Å². The minimum atomic E-state index is -0.954. The van der Waals surface area contributed by atoms with E-state index < -0.39 is 23.6 Å². The molecular weight excluding hydrogens is 349 g/mol. The first-order valence-electron chi connectivity index (χ1n) is 7.62. The molecule has 1 N–H and O–H groups in total. The fourth-order valence-corrected chi connectivity index (χ4v) is 4.39. The number of rotatable bonds is 3. The van der Waals surface area contributed by atoms with Crippen molar-refractivity contribution in [2.45, 2.75) is 22.8 Å². The Balaban J connectivity index is 1.67. The quantitative estimate of drug-likeness (QED) is 0.760. The summed E-state index contributed by atoms with van der Waals surface area (Å²) < 4.78 is 43.0. The Hall–Kier alpha value is -2.25. The van der Waals surface area contributed by atoms with Gasteiger partial charge in [-0.15, -0.1) is 11.8 Å². The second kappa shape index (κ2) is 6.24. The van der Waals surface area contributed by atoms with Gasteiger partial charge in [0.05, 0.1) is 23.2 Å². The van der Waals surface area contributed by atoms with E-state index in [1.54, 1.807) is 30.7 Å². The van der Waals surface area contributed by atoms with Gasteiger partial charge in [0.25, 0.3) is 0 Å². The molecule has 2 aromatic carbocycles. The topological polar surface area (TPSA) is 38.0 Å². The van der Waals surface area contributed by atoms with Crippen LogP contribution in [0.1, 0.15) is 11.7 Å². The number of fused-ring (bicyclic) bond motifs is 1. The number of imidazole rings is 1. The van der Waals surface area contributed by atoms with Crippen molar-refractivity contribution in [2.24, 2.45) is 0 Å². The average molecular weight is 362 g/mol. The first-order chi connectivity index (χ1) is 12.0. The summed E-state index contributed by atoms with van der Waals surface area (Å²) in [6, 6.07) is 6.17. The van der Waals surface area contributed by atoms with Crippen molar-refractivity contribution in [1.29, 1.82) is 0 Å². The first kappa shape index (κ1) is 16.2. The van der Waals surface area contributed by atoms with E-state index >= 15 is 0 Å². The second-order valence-electron chi connectivity index (χ2n) is 5.86. The SMILES string of the molecule is O[C@H]1c2ccc(-c3c(F)cc(F)cc3F)cc2S[C@H]1Cn1ccnc1. The third-order valence-corrected chi connectivity index (χ3v) is 5.53. The monoisotopic (exact) mass is 362 g/mol. The van der Waals surface area contributed by atoms with E-state index in [0.29, 0.717) is 24.2 Å². The van der Waals surface area contributed by atoms with Gasteiger partial charge in [-0.3, -0.25) is 0 Å². The smallest absolute Gasteiger partial charge is 0.136 e. The van der Waals surface area contributed by atoms with E-state index in [1.165, 1.54) is 11.8 Å². The number of halogens is 3. The fourth-order valence-electron chi connectivity index (χ4n) is 3.02. The zero-order valence-corrected chi connectivity index (χ0v) is 13.7. The molecule has 0 aliphatic carbocycles. The summed E-state index contributed by atoms with van der Waals surface area (Å²) in [6.07, 6.45) is 4.46. The maximum absolute atomic E-state index is 14.0. The van der Waals surface area contributed by atoms with Crippen LogP contribution in [0.4, 0.5) is 13.2 Å². The van der Waals surface area contributed by atoms with Gasteiger partial charge >= 0.3 is 0 Å². The van der Waals surface area contributed by atoms with Crippen molar-refractivity contribution < 1.29 is 18.3 Å². The summed E-state index contributed by atoms with van der Waals surface area (Å²) in [5.41, 5.74) is 0.774. The van der Waals surface area contributed by atoms with Crippen molar-refractivity contribution >= 4 is 11.8 Å². The zero-order chi connectivity index (χ0) is 17.6. The van der Waals surface area contributed by atoms with Crippen LogP contribution in [0.3, 0.4) is 0 Å². The van der Waals surface area contributed by atoms with Crippen LogP contribution >= 0.6 is 11.8 Å². The molecule has 7 heteroatoms. The van der Waals surface area contributed by atoms with Gasteiger partial charge in [-0.1, -0.05) is 12.1 Å². The highest BCUT2D eigenvalue weighted by molar-refractivity contribution is 8.00. The van der Waals surface area contributed by atoms with E-state index in [1.807, 2.05) is 10.8 Å². The Morgan fingerprint density at radius 2 is 1.88 bits per heavy atom. The van der Waals surface area contributed by atoms with E-state index in [-0.39, 0.29) is 10.8 Å². The van der Waals surface area contributed by atoms with E-state index in [4.69, 9.17) is 0 Å².